The van der Waals surface area contributed by atoms with Gasteiger partial charge in [0.25, 0.3) is 5.91 Å². The molecule has 1 aliphatic rings. The summed E-state index contributed by atoms with van der Waals surface area (Å²) in [5.41, 5.74) is -0.559. The Balaban J connectivity index is 2.13. The standard InChI is InChI=1S/C17H19F3N2O4/c1-10(23)22(9-14(24)25)11-3-2-7-21(8-6-11)17(26)12-4-5-13(18)16(20)15(12)19/h4-5,11H,2-3,6-9H2,1H3,(H,24,25). The van der Waals surface area contributed by atoms with Crippen LogP contribution < -0.4 is 0 Å². The molecule has 26 heavy (non-hydrogen) atoms. The number of hydrogen-bond donors (Lipinski definition) is 1. The lowest BCUT2D eigenvalue weighted by atomic mass is 10.1. The molecular weight excluding hydrogens is 353 g/mol. The van der Waals surface area contributed by atoms with Crippen molar-refractivity contribution in [3.63, 3.8) is 0 Å². The van der Waals surface area contributed by atoms with E-state index < -0.39 is 41.4 Å². The number of aliphatic carboxylic acids is 1. The molecule has 0 radical (unpaired) electrons. The molecule has 0 spiro atoms. The third-order valence-corrected chi connectivity index (χ3v) is 4.40. The smallest absolute Gasteiger partial charge is 0.323 e. The fourth-order valence-electron chi connectivity index (χ4n) is 3.10. The molecule has 1 aromatic carbocycles. The van der Waals surface area contributed by atoms with Gasteiger partial charge in [0.05, 0.1) is 5.56 Å². The molecule has 1 fully saturated rings. The zero-order valence-electron chi connectivity index (χ0n) is 14.2. The summed E-state index contributed by atoms with van der Waals surface area (Å²) in [7, 11) is 0. The lowest BCUT2D eigenvalue weighted by Crippen LogP contribution is -2.43. The van der Waals surface area contributed by atoms with Crippen LogP contribution in [0.3, 0.4) is 0 Å². The Hall–Kier alpha value is -2.58. The first-order chi connectivity index (χ1) is 12.2. The topological polar surface area (TPSA) is 77.9 Å². The first-order valence-corrected chi connectivity index (χ1v) is 8.14. The van der Waals surface area contributed by atoms with E-state index in [4.69, 9.17) is 5.11 Å². The third-order valence-electron chi connectivity index (χ3n) is 4.40. The number of carbonyl (C=O) groups excluding carboxylic acids is 2. The molecule has 0 bridgehead atoms. The van der Waals surface area contributed by atoms with Crippen LogP contribution in [0.5, 0.6) is 0 Å². The lowest BCUT2D eigenvalue weighted by Gasteiger charge is -2.28. The highest BCUT2D eigenvalue weighted by molar-refractivity contribution is 5.94. The van der Waals surface area contributed by atoms with E-state index >= 15 is 0 Å². The van der Waals surface area contributed by atoms with Gasteiger partial charge in [-0.15, -0.1) is 0 Å². The maximum Gasteiger partial charge on any atom is 0.323 e. The van der Waals surface area contributed by atoms with Crippen LogP contribution in [0.4, 0.5) is 13.2 Å². The Morgan fingerprint density at radius 2 is 1.85 bits per heavy atom. The van der Waals surface area contributed by atoms with Crippen molar-refractivity contribution in [3.8, 4) is 0 Å². The number of rotatable bonds is 4. The highest BCUT2D eigenvalue weighted by Crippen LogP contribution is 2.21. The number of halogens is 3. The van der Waals surface area contributed by atoms with Gasteiger partial charge in [-0.3, -0.25) is 14.4 Å². The van der Waals surface area contributed by atoms with Crippen molar-refractivity contribution in [3.05, 3.63) is 35.1 Å². The van der Waals surface area contributed by atoms with Gasteiger partial charge in [0, 0.05) is 26.1 Å². The van der Waals surface area contributed by atoms with Crippen LogP contribution in [-0.2, 0) is 9.59 Å². The van der Waals surface area contributed by atoms with Gasteiger partial charge in [0.2, 0.25) is 5.91 Å². The van der Waals surface area contributed by atoms with Gasteiger partial charge in [-0.1, -0.05) is 0 Å². The molecule has 142 valence electrons. The van der Waals surface area contributed by atoms with Gasteiger partial charge < -0.3 is 14.9 Å². The number of benzene rings is 1. The van der Waals surface area contributed by atoms with E-state index in [1.54, 1.807) is 0 Å². The second kappa shape index (κ2) is 8.20. The SMILES string of the molecule is CC(=O)N(CC(=O)O)C1CCCN(C(=O)c2ccc(F)c(F)c2F)CC1. The Morgan fingerprint density at radius 3 is 2.46 bits per heavy atom. The van der Waals surface area contributed by atoms with Crippen LogP contribution in [0.15, 0.2) is 12.1 Å². The van der Waals surface area contributed by atoms with Gasteiger partial charge in [-0.25, -0.2) is 13.2 Å². The number of nitrogens with zero attached hydrogens (tertiary/aromatic N) is 2. The van der Waals surface area contributed by atoms with Gasteiger partial charge in [0.1, 0.15) is 6.54 Å². The summed E-state index contributed by atoms with van der Waals surface area (Å²) in [4.78, 5) is 37.6. The quantitative estimate of drug-likeness (QED) is 0.821. The molecule has 9 heteroatoms. The maximum atomic E-state index is 13.8. The van der Waals surface area contributed by atoms with E-state index in [1.807, 2.05) is 0 Å². The Labute approximate surface area is 148 Å². The monoisotopic (exact) mass is 372 g/mol. The molecule has 1 aliphatic heterocycles. The van der Waals surface area contributed by atoms with Gasteiger partial charge >= 0.3 is 5.97 Å². The highest BCUT2D eigenvalue weighted by atomic mass is 19.2. The Kier molecular flexibility index (Phi) is 6.23. The first-order valence-electron chi connectivity index (χ1n) is 8.14. The van der Waals surface area contributed by atoms with Gasteiger partial charge in [0.15, 0.2) is 17.5 Å². The van der Waals surface area contributed by atoms with E-state index in [0.717, 1.165) is 6.07 Å². The van der Waals surface area contributed by atoms with E-state index in [-0.39, 0.29) is 25.0 Å². The van der Waals surface area contributed by atoms with Crippen molar-refractivity contribution < 1.29 is 32.7 Å². The zero-order chi connectivity index (χ0) is 19.4. The number of carboxylic acid groups (broad SMARTS) is 1. The summed E-state index contributed by atoms with van der Waals surface area (Å²) in [6.45, 7) is 1.22. The van der Waals surface area contributed by atoms with E-state index in [2.05, 4.69) is 0 Å². The zero-order valence-corrected chi connectivity index (χ0v) is 14.2. The summed E-state index contributed by atoms with van der Waals surface area (Å²) in [5, 5.41) is 8.94. The molecule has 2 rings (SSSR count). The third kappa shape index (κ3) is 4.33. The Morgan fingerprint density at radius 1 is 1.15 bits per heavy atom. The molecule has 1 saturated heterocycles. The van der Waals surface area contributed by atoms with E-state index in [1.165, 1.54) is 16.7 Å². The molecule has 0 aromatic heterocycles. The number of carboxylic acids is 1. The average molecular weight is 372 g/mol. The van der Waals surface area contributed by atoms with Crippen LogP contribution in [0.2, 0.25) is 0 Å². The summed E-state index contributed by atoms with van der Waals surface area (Å²) >= 11 is 0. The van der Waals surface area contributed by atoms with Crippen LogP contribution in [0, 0.1) is 17.5 Å². The molecule has 1 atom stereocenters. The Bertz CT molecular complexity index is 726. The number of amides is 2. The molecule has 1 unspecified atom stereocenters. The van der Waals surface area contributed by atoms with Crippen molar-refractivity contribution in [2.75, 3.05) is 19.6 Å². The normalized spacial score (nSPS) is 17.5. The van der Waals surface area contributed by atoms with Gasteiger partial charge in [-0.05, 0) is 31.4 Å². The van der Waals surface area contributed by atoms with Crippen molar-refractivity contribution in [2.45, 2.75) is 32.2 Å². The van der Waals surface area contributed by atoms with Crippen molar-refractivity contribution in [1.82, 2.24) is 9.80 Å². The number of hydrogen-bond acceptors (Lipinski definition) is 3. The molecule has 1 aromatic rings. The van der Waals surface area contributed by atoms with Crippen molar-refractivity contribution in [1.29, 1.82) is 0 Å². The predicted molar refractivity (Wildman–Crippen MR) is 84.9 cm³/mol. The first kappa shape index (κ1) is 19.7. The summed E-state index contributed by atoms with van der Waals surface area (Å²) in [6.07, 6.45) is 1.26. The largest absolute Gasteiger partial charge is 0.480 e. The fraction of sp³-hybridized carbons (Fsp3) is 0.471. The van der Waals surface area contributed by atoms with Crippen molar-refractivity contribution in [2.24, 2.45) is 0 Å². The van der Waals surface area contributed by atoms with Crippen LogP contribution in [-0.4, -0.2) is 58.4 Å². The molecule has 2 amide bonds. The van der Waals surface area contributed by atoms with E-state index in [0.29, 0.717) is 25.3 Å². The molecule has 6 nitrogen and oxygen atoms in total. The average Bonchev–Trinajstić information content (AvgIpc) is 2.83. The van der Waals surface area contributed by atoms with Crippen LogP contribution >= 0.6 is 0 Å². The molecule has 0 saturated carbocycles. The fourth-order valence-corrected chi connectivity index (χ4v) is 3.10. The molecule has 1 N–H and O–H groups in total. The minimum absolute atomic E-state index is 0.144. The molecule has 1 heterocycles. The van der Waals surface area contributed by atoms with Crippen LogP contribution in [0.1, 0.15) is 36.5 Å². The molecular formula is C17H19F3N2O4. The predicted octanol–water partition coefficient (Wildman–Crippen LogP) is 2.03. The number of likely N-dealkylation sites (tertiary alicyclic amines) is 1. The minimum atomic E-state index is -1.70. The second-order valence-corrected chi connectivity index (χ2v) is 6.14. The summed E-state index contributed by atoms with van der Waals surface area (Å²) in [5.74, 6) is -6.90. The second-order valence-electron chi connectivity index (χ2n) is 6.14. The lowest BCUT2D eigenvalue weighted by molar-refractivity contribution is -0.145. The summed E-state index contributed by atoms with van der Waals surface area (Å²) in [6, 6.07) is 1.22. The number of carbonyl (C=O) groups is 3. The minimum Gasteiger partial charge on any atom is -0.480 e. The van der Waals surface area contributed by atoms with E-state index in [9.17, 15) is 27.6 Å². The maximum absolute atomic E-state index is 13.8. The summed E-state index contributed by atoms with van der Waals surface area (Å²) < 4.78 is 40.2. The highest BCUT2D eigenvalue weighted by Gasteiger charge is 2.29. The van der Waals surface area contributed by atoms with Gasteiger partial charge in [-0.2, -0.15) is 0 Å². The van der Waals surface area contributed by atoms with Crippen LogP contribution in [0.25, 0.3) is 0 Å². The molecule has 0 aliphatic carbocycles. The van der Waals surface area contributed by atoms with Crippen molar-refractivity contribution >= 4 is 17.8 Å².